The molecule has 0 bridgehead atoms. The van der Waals surface area contributed by atoms with E-state index in [1.807, 2.05) is 29.8 Å². The molecule has 2 heteroatoms. The predicted octanol–water partition coefficient (Wildman–Crippen LogP) is 4.08. The smallest absolute Gasteiger partial charge is 0.0299 e. The monoisotopic (exact) mass is 239 g/mol. The standard InChI is InChI=1S/C15H13NS/c1-2-6-14-13(5-1)11-17-15(14)8-7-12-4-3-9-16-10-12/h1-6,9-11H,7-8H2. The van der Waals surface area contributed by atoms with E-state index in [9.17, 15) is 0 Å². The predicted molar refractivity (Wildman–Crippen MR) is 73.5 cm³/mol. The molecule has 0 N–H and O–H groups in total. The van der Waals surface area contributed by atoms with Crippen molar-refractivity contribution >= 4 is 22.1 Å². The molecule has 0 aliphatic heterocycles. The third-order valence-electron chi connectivity index (χ3n) is 2.95. The number of hydrogen-bond acceptors (Lipinski definition) is 2. The fourth-order valence-corrected chi connectivity index (χ4v) is 3.06. The first kappa shape index (κ1) is 10.5. The zero-order valence-electron chi connectivity index (χ0n) is 9.47. The number of nitrogens with zero attached hydrogens (tertiary/aromatic N) is 1. The summed E-state index contributed by atoms with van der Waals surface area (Å²) in [6, 6.07) is 12.7. The molecular formula is C15H13NS. The number of hydrogen-bond donors (Lipinski definition) is 0. The van der Waals surface area contributed by atoms with Crippen molar-refractivity contribution in [3.63, 3.8) is 0 Å². The first-order chi connectivity index (χ1) is 8.43. The van der Waals surface area contributed by atoms with Crippen LogP contribution in [0, 0.1) is 0 Å². The molecule has 84 valence electrons. The molecule has 0 saturated heterocycles. The largest absolute Gasteiger partial charge is 0.264 e. The summed E-state index contributed by atoms with van der Waals surface area (Å²) in [5, 5.41) is 5.01. The Balaban J connectivity index is 1.82. The second-order valence-corrected chi connectivity index (χ2v) is 5.07. The van der Waals surface area contributed by atoms with E-state index < -0.39 is 0 Å². The zero-order chi connectivity index (χ0) is 11.5. The van der Waals surface area contributed by atoms with E-state index in [2.05, 4.69) is 40.7 Å². The third-order valence-corrected chi connectivity index (χ3v) is 4.03. The van der Waals surface area contributed by atoms with Crippen molar-refractivity contribution in [1.82, 2.24) is 4.98 Å². The molecule has 0 atom stereocenters. The van der Waals surface area contributed by atoms with Crippen LogP contribution in [0.25, 0.3) is 10.8 Å². The van der Waals surface area contributed by atoms with E-state index in [1.165, 1.54) is 21.2 Å². The molecule has 3 aromatic rings. The van der Waals surface area contributed by atoms with Crippen molar-refractivity contribution < 1.29 is 0 Å². The van der Waals surface area contributed by atoms with Crippen LogP contribution in [0.2, 0.25) is 0 Å². The average molecular weight is 239 g/mol. The molecule has 2 heterocycles. The molecule has 0 amide bonds. The Morgan fingerprint density at radius 2 is 1.94 bits per heavy atom. The molecule has 1 aromatic carbocycles. The summed E-state index contributed by atoms with van der Waals surface area (Å²) in [4.78, 5) is 5.63. The van der Waals surface area contributed by atoms with Crippen LogP contribution in [0.1, 0.15) is 10.4 Å². The number of fused-ring (bicyclic) bond motifs is 1. The second-order valence-electron chi connectivity index (χ2n) is 4.11. The van der Waals surface area contributed by atoms with Gasteiger partial charge in [-0.3, -0.25) is 4.98 Å². The van der Waals surface area contributed by atoms with Crippen LogP contribution in [-0.2, 0) is 12.8 Å². The molecular weight excluding hydrogens is 226 g/mol. The SMILES string of the molecule is c1cncc(CCc2scc3ccccc23)c1. The normalized spacial score (nSPS) is 10.8. The molecule has 0 unspecified atom stereocenters. The van der Waals surface area contributed by atoms with Gasteiger partial charge >= 0.3 is 0 Å². The maximum Gasteiger partial charge on any atom is 0.0299 e. The van der Waals surface area contributed by atoms with Crippen LogP contribution < -0.4 is 0 Å². The van der Waals surface area contributed by atoms with Gasteiger partial charge in [0.25, 0.3) is 0 Å². The summed E-state index contributed by atoms with van der Waals surface area (Å²) in [5.74, 6) is 0. The summed E-state index contributed by atoms with van der Waals surface area (Å²) < 4.78 is 0. The Bertz CT molecular complexity index is 613. The van der Waals surface area contributed by atoms with E-state index in [-0.39, 0.29) is 0 Å². The highest BCUT2D eigenvalue weighted by Crippen LogP contribution is 2.26. The van der Waals surface area contributed by atoms with Gasteiger partial charge in [-0.25, -0.2) is 0 Å². The van der Waals surface area contributed by atoms with Gasteiger partial charge in [-0.15, -0.1) is 11.3 Å². The topological polar surface area (TPSA) is 12.9 Å². The summed E-state index contributed by atoms with van der Waals surface area (Å²) in [7, 11) is 0. The van der Waals surface area contributed by atoms with Crippen LogP contribution in [-0.4, -0.2) is 4.98 Å². The molecule has 2 aromatic heterocycles. The molecule has 1 nitrogen and oxygen atoms in total. The van der Waals surface area contributed by atoms with E-state index in [0.717, 1.165) is 12.8 Å². The highest BCUT2D eigenvalue weighted by Gasteiger charge is 2.03. The van der Waals surface area contributed by atoms with Crippen molar-refractivity contribution in [2.75, 3.05) is 0 Å². The molecule has 0 fully saturated rings. The minimum Gasteiger partial charge on any atom is -0.264 e. The van der Waals surface area contributed by atoms with Crippen molar-refractivity contribution in [3.05, 3.63) is 64.6 Å². The van der Waals surface area contributed by atoms with E-state index in [4.69, 9.17) is 0 Å². The Kier molecular flexibility index (Phi) is 2.88. The van der Waals surface area contributed by atoms with Gasteiger partial charge in [0.2, 0.25) is 0 Å². The molecule has 17 heavy (non-hydrogen) atoms. The molecule has 0 spiro atoms. The lowest BCUT2D eigenvalue weighted by atomic mass is 10.1. The second kappa shape index (κ2) is 4.68. The molecule has 0 saturated carbocycles. The summed E-state index contributed by atoms with van der Waals surface area (Å²) in [5.41, 5.74) is 1.31. The van der Waals surface area contributed by atoms with Gasteiger partial charge in [0.15, 0.2) is 0 Å². The number of rotatable bonds is 3. The van der Waals surface area contributed by atoms with Crippen LogP contribution >= 0.6 is 11.3 Å². The highest BCUT2D eigenvalue weighted by molar-refractivity contribution is 7.11. The minimum atomic E-state index is 1.07. The van der Waals surface area contributed by atoms with Crippen molar-refractivity contribution in [2.24, 2.45) is 0 Å². The molecule has 0 radical (unpaired) electrons. The van der Waals surface area contributed by atoms with Gasteiger partial charge in [0, 0.05) is 17.3 Å². The highest BCUT2D eigenvalue weighted by atomic mass is 32.1. The van der Waals surface area contributed by atoms with Crippen LogP contribution in [0.3, 0.4) is 0 Å². The minimum absolute atomic E-state index is 1.07. The van der Waals surface area contributed by atoms with Gasteiger partial charge in [-0.05, 0) is 40.6 Å². The summed E-state index contributed by atoms with van der Waals surface area (Å²) in [6.45, 7) is 0. The maximum absolute atomic E-state index is 4.15. The third kappa shape index (κ3) is 2.22. The Labute approximate surface area is 105 Å². The Hall–Kier alpha value is -1.67. The van der Waals surface area contributed by atoms with Gasteiger partial charge in [-0.2, -0.15) is 0 Å². The zero-order valence-corrected chi connectivity index (χ0v) is 10.3. The first-order valence-corrected chi connectivity index (χ1v) is 6.65. The fourth-order valence-electron chi connectivity index (χ4n) is 2.05. The van der Waals surface area contributed by atoms with Crippen molar-refractivity contribution in [1.29, 1.82) is 0 Å². The number of thiophene rings is 1. The van der Waals surface area contributed by atoms with E-state index in [0.29, 0.717) is 0 Å². The van der Waals surface area contributed by atoms with Gasteiger partial charge < -0.3 is 0 Å². The van der Waals surface area contributed by atoms with Crippen LogP contribution in [0.15, 0.2) is 54.2 Å². The Morgan fingerprint density at radius 3 is 2.82 bits per heavy atom. The Morgan fingerprint density at radius 1 is 1.00 bits per heavy atom. The van der Waals surface area contributed by atoms with Gasteiger partial charge in [-0.1, -0.05) is 30.3 Å². The first-order valence-electron chi connectivity index (χ1n) is 5.77. The number of benzene rings is 1. The lowest BCUT2D eigenvalue weighted by Gasteiger charge is -1.99. The van der Waals surface area contributed by atoms with Crippen LogP contribution in [0.5, 0.6) is 0 Å². The lowest BCUT2D eigenvalue weighted by Crippen LogP contribution is -1.89. The van der Waals surface area contributed by atoms with Crippen molar-refractivity contribution in [2.45, 2.75) is 12.8 Å². The molecule has 3 rings (SSSR count). The van der Waals surface area contributed by atoms with Gasteiger partial charge in [0.1, 0.15) is 0 Å². The number of aryl methyl sites for hydroxylation is 2. The maximum atomic E-state index is 4.15. The van der Waals surface area contributed by atoms with Gasteiger partial charge in [0.05, 0.1) is 0 Å². The molecule has 0 aliphatic carbocycles. The average Bonchev–Trinajstić information content (AvgIpc) is 2.81. The summed E-state index contributed by atoms with van der Waals surface area (Å²) >= 11 is 1.86. The fraction of sp³-hybridized carbons (Fsp3) is 0.133. The quantitative estimate of drug-likeness (QED) is 0.671. The van der Waals surface area contributed by atoms with Crippen molar-refractivity contribution in [3.8, 4) is 0 Å². The summed E-state index contributed by atoms with van der Waals surface area (Å²) in [6.07, 6.45) is 5.95. The molecule has 0 aliphatic rings. The number of pyridine rings is 1. The van der Waals surface area contributed by atoms with Crippen LogP contribution in [0.4, 0.5) is 0 Å². The van der Waals surface area contributed by atoms with E-state index >= 15 is 0 Å². The van der Waals surface area contributed by atoms with E-state index in [1.54, 1.807) is 0 Å². The number of aromatic nitrogens is 1. The lowest BCUT2D eigenvalue weighted by molar-refractivity contribution is 0.974.